The molecule has 0 saturated heterocycles. The van der Waals surface area contributed by atoms with Gasteiger partial charge in [-0.3, -0.25) is 0 Å². The first kappa shape index (κ1) is 31.0. The van der Waals surface area contributed by atoms with Gasteiger partial charge >= 0.3 is 0 Å². The van der Waals surface area contributed by atoms with Gasteiger partial charge in [-0.15, -0.1) is 0 Å². The van der Waals surface area contributed by atoms with Crippen LogP contribution in [-0.4, -0.2) is 14.1 Å². The van der Waals surface area contributed by atoms with Gasteiger partial charge in [-0.1, -0.05) is 118 Å². The molecule has 0 aliphatic heterocycles. The van der Waals surface area contributed by atoms with Crippen LogP contribution in [0.2, 0.25) is 0 Å². The monoisotopic (exact) mass is 525 g/mol. The van der Waals surface area contributed by atoms with Crippen molar-refractivity contribution in [2.75, 3.05) is 19.0 Å². The second kappa shape index (κ2) is 13.2. The molecule has 0 aromatic heterocycles. The minimum Gasteiger partial charge on any atom is -0.377 e. The van der Waals surface area contributed by atoms with E-state index in [0.29, 0.717) is 35.5 Å². The van der Waals surface area contributed by atoms with E-state index < -0.39 is 0 Å². The fourth-order valence-electron chi connectivity index (χ4n) is 6.62. The molecule has 0 amide bonds. The number of hydrogen-bond acceptors (Lipinski definition) is 1. The molecule has 2 unspecified atom stereocenters. The summed E-state index contributed by atoms with van der Waals surface area (Å²) in [4.78, 5) is 2.25. The van der Waals surface area contributed by atoms with Gasteiger partial charge in [0.2, 0.25) is 0 Å². The van der Waals surface area contributed by atoms with Crippen molar-refractivity contribution >= 4 is 5.69 Å². The standard InChI is InChI=1S/C38H55N/c1-24(2)32-19-17-30(23-35(32)25(3)4)21-28(9)34-20-18-31(37(26(5)6)38(34)27(7)8)22-29(10)33-15-13-14-16-36(33)39(11)12/h13-20,23-29H,21-22H2,1-12H3. The van der Waals surface area contributed by atoms with Gasteiger partial charge < -0.3 is 4.90 Å². The van der Waals surface area contributed by atoms with Crippen LogP contribution in [0.1, 0.15) is 149 Å². The minimum absolute atomic E-state index is 0.457. The highest BCUT2D eigenvalue weighted by Gasteiger charge is 2.24. The van der Waals surface area contributed by atoms with Crippen molar-refractivity contribution in [3.05, 3.63) is 99.1 Å². The van der Waals surface area contributed by atoms with E-state index in [1.165, 1.54) is 39.1 Å². The number of nitrogens with zero attached hydrogens (tertiary/aromatic N) is 1. The Morgan fingerprint density at radius 1 is 0.513 bits per heavy atom. The van der Waals surface area contributed by atoms with Gasteiger partial charge in [-0.05, 0) is 98.9 Å². The van der Waals surface area contributed by atoms with Crippen molar-refractivity contribution in [3.63, 3.8) is 0 Å². The van der Waals surface area contributed by atoms with Gasteiger partial charge in [-0.2, -0.15) is 0 Å². The molecule has 3 rings (SSSR count). The lowest BCUT2D eigenvalue weighted by atomic mass is 9.77. The van der Waals surface area contributed by atoms with Gasteiger partial charge in [0.05, 0.1) is 0 Å². The molecule has 1 nitrogen and oxygen atoms in total. The van der Waals surface area contributed by atoms with E-state index in [-0.39, 0.29) is 0 Å². The molecule has 212 valence electrons. The molecular weight excluding hydrogens is 470 g/mol. The largest absolute Gasteiger partial charge is 0.377 e. The molecule has 0 N–H and O–H groups in total. The maximum atomic E-state index is 2.49. The lowest BCUT2D eigenvalue weighted by Crippen LogP contribution is -2.15. The Morgan fingerprint density at radius 2 is 1.08 bits per heavy atom. The van der Waals surface area contributed by atoms with Crippen LogP contribution in [0.15, 0.2) is 54.6 Å². The zero-order valence-electron chi connectivity index (χ0n) is 27.0. The Balaban J connectivity index is 2.01. The third-order valence-corrected chi connectivity index (χ3v) is 8.51. The van der Waals surface area contributed by atoms with Crippen molar-refractivity contribution in [2.24, 2.45) is 0 Å². The second-order valence-electron chi connectivity index (χ2n) is 13.4. The number of benzene rings is 3. The first-order chi connectivity index (χ1) is 18.3. The fourth-order valence-corrected chi connectivity index (χ4v) is 6.62. The molecule has 39 heavy (non-hydrogen) atoms. The quantitative estimate of drug-likeness (QED) is 0.241. The van der Waals surface area contributed by atoms with E-state index >= 15 is 0 Å². The Labute approximate surface area is 241 Å². The van der Waals surface area contributed by atoms with Crippen molar-refractivity contribution in [3.8, 4) is 0 Å². The highest BCUT2D eigenvalue weighted by atomic mass is 15.1. The molecule has 0 spiro atoms. The summed E-state index contributed by atoms with van der Waals surface area (Å²) in [5, 5.41) is 0. The third kappa shape index (κ3) is 7.16. The molecule has 0 aliphatic rings. The smallest absolute Gasteiger partial charge is 0.0396 e. The van der Waals surface area contributed by atoms with Crippen LogP contribution in [0, 0.1) is 0 Å². The Hall–Kier alpha value is -2.54. The van der Waals surface area contributed by atoms with Crippen LogP contribution in [-0.2, 0) is 12.8 Å². The molecule has 0 saturated carbocycles. The number of para-hydroxylation sites is 1. The molecular formula is C38H55N. The summed E-state index contributed by atoms with van der Waals surface area (Å²) in [6.45, 7) is 23.7. The van der Waals surface area contributed by atoms with Gasteiger partial charge in [0.15, 0.2) is 0 Å². The van der Waals surface area contributed by atoms with Gasteiger partial charge in [0.1, 0.15) is 0 Å². The Kier molecular flexibility index (Phi) is 10.5. The highest BCUT2D eigenvalue weighted by molar-refractivity contribution is 5.55. The summed E-state index contributed by atoms with van der Waals surface area (Å²) in [5.74, 6) is 3.05. The Bertz CT molecular complexity index is 1230. The van der Waals surface area contributed by atoms with E-state index in [9.17, 15) is 0 Å². The molecule has 0 heterocycles. The molecule has 0 radical (unpaired) electrons. The van der Waals surface area contributed by atoms with Crippen LogP contribution >= 0.6 is 0 Å². The summed E-state index contributed by atoms with van der Waals surface area (Å²) in [6, 6.07) is 21.1. The van der Waals surface area contributed by atoms with E-state index in [1.807, 2.05) is 0 Å². The first-order valence-electron chi connectivity index (χ1n) is 15.4. The first-order valence-corrected chi connectivity index (χ1v) is 15.4. The van der Waals surface area contributed by atoms with Crippen LogP contribution < -0.4 is 4.90 Å². The summed E-state index contributed by atoms with van der Waals surface area (Å²) < 4.78 is 0. The number of hydrogen-bond donors (Lipinski definition) is 0. The summed E-state index contributed by atoms with van der Waals surface area (Å²) >= 11 is 0. The van der Waals surface area contributed by atoms with Crippen LogP contribution in [0.4, 0.5) is 5.69 Å². The molecule has 0 bridgehead atoms. The van der Waals surface area contributed by atoms with E-state index in [0.717, 1.165) is 12.8 Å². The Morgan fingerprint density at radius 3 is 1.64 bits per heavy atom. The van der Waals surface area contributed by atoms with Crippen LogP contribution in [0.5, 0.6) is 0 Å². The van der Waals surface area contributed by atoms with Crippen molar-refractivity contribution in [2.45, 2.75) is 118 Å². The van der Waals surface area contributed by atoms with E-state index in [4.69, 9.17) is 0 Å². The summed E-state index contributed by atoms with van der Waals surface area (Å²) in [7, 11) is 4.30. The van der Waals surface area contributed by atoms with E-state index in [2.05, 4.69) is 143 Å². The number of rotatable bonds is 11. The minimum atomic E-state index is 0.457. The highest BCUT2D eigenvalue weighted by Crippen LogP contribution is 2.39. The molecule has 3 aromatic carbocycles. The van der Waals surface area contributed by atoms with Crippen LogP contribution in [0.3, 0.4) is 0 Å². The SMILES string of the molecule is CC(C)c1ccc(CC(C)c2ccc(CC(C)c3ccccc3N(C)C)c(C(C)C)c2C(C)C)cc1C(C)C. The molecule has 1 heteroatoms. The van der Waals surface area contributed by atoms with Crippen molar-refractivity contribution in [1.82, 2.24) is 0 Å². The molecule has 0 aliphatic carbocycles. The van der Waals surface area contributed by atoms with Crippen LogP contribution in [0.25, 0.3) is 0 Å². The van der Waals surface area contributed by atoms with Crippen molar-refractivity contribution in [1.29, 1.82) is 0 Å². The lowest BCUT2D eigenvalue weighted by Gasteiger charge is -2.29. The average Bonchev–Trinajstić information content (AvgIpc) is 2.87. The van der Waals surface area contributed by atoms with Gasteiger partial charge in [-0.25, -0.2) is 0 Å². The maximum absolute atomic E-state index is 2.49. The zero-order valence-corrected chi connectivity index (χ0v) is 27.0. The predicted octanol–water partition coefficient (Wildman–Crippen LogP) is 10.9. The average molecular weight is 526 g/mol. The van der Waals surface area contributed by atoms with Gasteiger partial charge in [0, 0.05) is 19.8 Å². The summed E-state index contributed by atoms with van der Waals surface area (Å²) in [5.41, 5.74) is 13.5. The maximum Gasteiger partial charge on any atom is 0.0396 e. The molecule has 2 atom stereocenters. The zero-order chi connectivity index (χ0) is 29.0. The van der Waals surface area contributed by atoms with Crippen molar-refractivity contribution < 1.29 is 0 Å². The lowest BCUT2D eigenvalue weighted by molar-refractivity contribution is 0.687. The molecule has 3 aromatic rings. The summed E-state index contributed by atoms with van der Waals surface area (Å²) in [6.07, 6.45) is 2.16. The van der Waals surface area contributed by atoms with E-state index in [1.54, 1.807) is 11.1 Å². The fraction of sp³-hybridized carbons (Fsp3) is 0.526. The normalized spacial score (nSPS) is 13.5. The second-order valence-corrected chi connectivity index (χ2v) is 13.4. The molecule has 0 fully saturated rings. The predicted molar refractivity (Wildman–Crippen MR) is 174 cm³/mol. The number of anilines is 1. The van der Waals surface area contributed by atoms with Gasteiger partial charge in [0.25, 0.3) is 0 Å². The topological polar surface area (TPSA) is 3.24 Å². The third-order valence-electron chi connectivity index (χ3n) is 8.51.